The van der Waals surface area contributed by atoms with Crippen molar-refractivity contribution >= 4 is 10.1 Å². The molecular weight excluding hydrogens is 214 g/mol. The van der Waals surface area contributed by atoms with Gasteiger partial charge in [0.05, 0.1) is 18.9 Å². The molecule has 0 aliphatic heterocycles. The molecule has 2 atom stereocenters. The van der Waals surface area contributed by atoms with Gasteiger partial charge in [-0.05, 0) is 24.7 Å². The number of hydrogen-bond donors (Lipinski definition) is 0. The van der Waals surface area contributed by atoms with E-state index in [1.807, 2.05) is 12.2 Å². The molecule has 0 fully saturated rings. The van der Waals surface area contributed by atoms with Gasteiger partial charge >= 0.3 is 0 Å². The van der Waals surface area contributed by atoms with Gasteiger partial charge in [-0.2, -0.15) is 13.7 Å². The third-order valence-corrected chi connectivity index (χ3v) is 3.12. The molecule has 0 saturated heterocycles. The lowest BCUT2D eigenvalue weighted by atomic mass is 9.82. The minimum absolute atomic E-state index is 0.143. The highest BCUT2D eigenvalue weighted by atomic mass is 32.2. The Bertz CT molecular complexity index is 367. The van der Waals surface area contributed by atoms with Crippen LogP contribution in [0, 0.1) is 23.2 Å². The van der Waals surface area contributed by atoms with Gasteiger partial charge in [-0.1, -0.05) is 12.2 Å². The van der Waals surface area contributed by atoms with Crippen LogP contribution in [0.2, 0.25) is 0 Å². The second kappa shape index (κ2) is 5.29. The van der Waals surface area contributed by atoms with E-state index in [1.54, 1.807) is 0 Å². The number of allylic oxidation sites excluding steroid dienone is 2. The van der Waals surface area contributed by atoms with E-state index in [2.05, 4.69) is 6.07 Å². The van der Waals surface area contributed by atoms with Gasteiger partial charge < -0.3 is 0 Å². The topological polar surface area (TPSA) is 67.2 Å². The van der Waals surface area contributed by atoms with Crippen LogP contribution < -0.4 is 0 Å². The molecule has 15 heavy (non-hydrogen) atoms. The zero-order chi connectivity index (χ0) is 11.3. The first-order chi connectivity index (χ1) is 7.03. The van der Waals surface area contributed by atoms with Crippen molar-refractivity contribution in [3.05, 3.63) is 12.2 Å². The van der Waals surface area contributed by atoms with E-state index in [9.17, 15) is 8.42 Å². The highest BCUT2D eigenvalue weighted by Gasteiger charge is 2.23. The average Bonchev–Trinajstić information content (AvgIpc) is 2.16. The molecule has 4 nitrogen and oxygen atoms in total. The third-order valence-electron chi connectivity index (χ3n) is 2.56. The van der Waals surface area contributed by atoms with Gasteiger partial charge in [-0.15, -0.1) is 0 Å². The monoisotopic (exact) mass is 229 g/mol. The van der Waals surface area contributed by atoms with Crippen molar-refractivity contribution in [3.8, 4) is 6.07 Å². The predicted molar refractivity (Wildman–Crippen MR) is 56.4 cm³/mol. The van der Waals surface area contributed by atoms with E-state index >= 15 is 0 Å². The summed E-state index contributed by atoms with van der Waals surface area (Å²) in [7, 11) is -3.37. The van der Waals surface area contributed by atoms with Crippen LogP contribution in [0.1, 0.15) is 19.3 Å². The fourth-order valence-corrected chi connectivity index (χ4v) is 2.13. The van der Waals surface area contributed by atoms with Gasteiger partial charge in [0.2, 0.25) is 0 Å². The van der Waals surface area contributed by atoms with E-state index < -0.39 is 10.1 Å². The van der Waals surface area contributed by atoms with Crippen LogP contribution in [0.4, 0.5) is 0 Å². The fraction of sp³-hybridized carbons (Fsp3) is 0.700. The van der Waals surface area contributed by atoms with E-state index in [0.29, 0.717) is 6.42 Å². The third kappa shape index (κ3) is 4.45. The maximum atomic E-state index is 10.8. The summed E-state index contributed by atoms with van der Waals surface area (Å²) >= 11 is 0. The van der Waals surface area contributed by atoms with Gasteiger partial charge in [0.1, 0.15) is 0 Å². The summed E-state index contributed by atoms with van der Waals surface area (Å²) in [5.74, 6) is 0.367. The summed E-state index contributed by atoms with van der Waals surface area (Å²) in [5, 5.41) is 8.63. The second-order valence-electron chi connectivity index (χ2n) is 3.81. The number of nitriles is 1. The van der Waals surface area contributed by atoms with Crippen LogP contribution in [0.3, 0.4) is 0 Å². The molecule has 0 aromatic carbocycles. The maximum absolute atomic E-state index is 10.8. The molecular formula is C10H15NO3S. The van der Waals surface area contributed by atoms with Crippen molar-refractivity contribution in [1.82, 2.24) is 0 Å². The fourth-order valence-electron chi connectivity index (χ4n) is 1.71. The molecule has 0 aromatic rings. The largest absolute Gasteiger partial charge is 0.270 e. The van der Waals surface area contributed by atoms with Crippen molar-refractivity contribution in [2.24, 2.45) is 11.8 Å². The van der Waals surface area contributed by atoms with E-state index in [0.717, 1.165) is 19.1 Å². The first-order valence-electron chi connectivity index (χ1n) is 4.89. The molecule has 0 amide bonds. The lowest BCUT2D eigenvalue weighted by molar-refractivity contribution is 0.197. The van der Waals surface area contributed by atoms with Crippen molar-refractivity contribution in [3.63, 3.8) is 0 Å². The van der Waals surface area contributed by atoms with Crippen LogP contribution in [-0.4, -0.2) is 21.3 Å². The summed E-state index contributed by atoms with van der Waals surface area (Å²) < 4.78 is 26.4. The Balaban J connectivity index is 2.52. The average molecular weight is 229 g/mol. The Hall–Kier alpha value is -0.860. The maximum Gasteiger partial charge on any atom is 0.264 e. The van der Waals surface area contributed by atoms with Gasteiger partial charge in [-0.3, -0.25) is 4.18 Å². The van der Waals surface area contributed by atoms with Gasteiger partial charge in [0.15, 0.2) is 0 Å². The van der Waals surface area contributed by atoms with Crippen LogP contribution >= 0.6 is 0 Å². The smallest absolute Gasteiger partial charge is 0.264 e. The Labute approximate surface area is 90.7 Å². The number of rotatable bonds is 4. The van der Waals surface area contributed by atoms with Crippen molar-refractivity contribution in [2.45, 2.75) is 19.3 Å². The van der Waals surface area contributed by atoms with Crippen molar-refractivity contribution in [1.29, 1.82) is 5.26 Å². The van der Waals surface area contributed by atoms with E-state index in [-0.39, 0.29) is 18.4 Å². The minimum Gasteiger partial charge on any atom is -0.270 e. The van der Waals surface area contributed by atoms with Crippen molar-refractivity contribution in [2.75, 3.05) is 12.9 Å². The highest BCUT2D eigenvalue weighted by molar-refractivity contribution is 7.85. The summed E-state index contributed by atoms with van der Waals surface area (Å²) in [6.45, 7) is 0.190. The molecule has 0 unspecified atom stereocenters. The quantitative estimate of drug-likeness (QED) is 0.540. The molecule has 0 heterocycles. The molecule has 0 radical (unpaired) electrons. The molecule has 0 saturated carbocycles. The lowest BCUT2D eigenvalue weighted by Crippen LogP contribution is -2.23. The van der Waals surface area contributed by atoms with Crippen molar-refractivity contribution < 1.29 is 12.6 Å². The zero-order valence-corrected chi connectivity index (χ0v) is 9.53. The number of hydrogen-bond acceptors (Lipinski definition) is 4. The Morgan fingerprint density at radius 2 is 2.00 bits per heavy atom. The molecule has 0 aromatic heterocycles. The van der Waals surface area contributed by atoms with Crippen LogP contribution in [0.5, 0.6) is 0 Å². The first-order valence-corrected chi connectivity index (χ1v) is 6.71. The summed E-state index contributed by atoms with van der Waals surface area (Å²) in [6.07, 6.45) is 7.20. The molecule has 0 spiro atoms. The second-order valence-corrected chi connectivity index (χ2v) is 5.46. The van der Waals surface area contributed by atoms with Gasteiger partial charge in [-0.25, -0.2) is 0 Å². The number of nitrogens with zero attached hydrogens (tertiary/aromatic N) is 1. The molecule has 1 rings (SSSR count). The molecule has 1 aliphatic carbocycles. The van der Waals surface area contributed by atoms with Crippen LogP contribution in [-0.2, 0) is 14.3 Å². The predicted octanol–water partition coefficient (Wildman–Crippen LogP) is 1.46. The van der Waals surface area contributed by atoms with Crippen LogP contribution in [0.25, 0.3) is 0 Å². The SMILES string of the molecule is CS(=O)(=O)OC[C@@H]1CC=CC[C@@H]1CC#N. The normalized spacial score (nSPS) is 26.1. The van der Waals surface area contributed by atoms with E-state index in [1.165, 1.54) is 0 Å². The van der Waals surface area contributed by atoms with Gasteiger partial charge in [0.25, 0.3) is 10.1 Å². The zero-order valence-electron chi connectivity index (χ0n) is 8.72. The Kier molecular flexibility index (Phi) is 4.30. The highest BCUT2D eigenvalue weighted by Crippen LogP contribution is 2.28. The lowest BCUT2D eigenvalue weighted by Gasteiger charge is -2.25. The standard InChI is InChI=1S/C10H15NO3S/c1-15(12,13)14-8-10-5-3-2-4-9(10)6-7-11/h2-3,9-10H,4-6,8H2,1H3/t9-,10+/m1/s1. The summed E-state index contributed by atoms with van der Waals surface area (Å²) in [6, 6.07) is 2.13. The minimum atomic E-state index is -3.37. The van der Waals surface area contributed by atoms with Gasteiger partial charge in [0, 0.05) is 6.42 Å². The summed E-state index contributed by atoms with van der Waals surface area (Å²) in [4.78, 5) is 0. The molecule has 5 heteroatoms. The van der Waals surface area contributed by atoms with E-state index in [4.69, 9.17) is 9.44 Å². The Morgan fingerprint density at radius 1 is 1.40 bits per heavy atom. The molecule has 0 N–H and O–H groups in total. The van der Waals surface area contributed by atoms with Crippen LogP contribution in [0.15, 0.2) is 12.2 Å². The molecule has 1 aliphatic rings. The summed E-state index contributed by atoms with van der Waals surface area (Å²) in [5.41, 5.74) is 0. The molecule has 0 bridgehead atoms. The first kappa shape index (κ1) is 12.2. The Morgan fingerprint density at radius 3 is 2.53 bits per heavy atom. The molecule has 84 valence electrons.